The van der Waals surface area contributed by atoms with Gasteiger partial charge in [0, 0.05) is 17.4 Å². The molecule has 1 aliphatic heterocycles. The Balaban J connectivity index is 1.85. The minimum Gasteiger partial charge on any atom is -0.316 e. The third-order valence-electron chi connectivity index (χ3n) is 4.01. The van der Waals surface area contributed by atoms with Crippen LogP contribution in [-0.2, 0) is 25.7 Å². The van der Waals surface area contributed by atoms with Crippen LogP contribution in [0.5, 0.6) is 0 Å². The van der Waals surface area contributed by atoms with E-state index in [9.17, 15) is 0 Å². The Morgan fingerprint density at radius 2 is 1.80 bits per heavy atom. The van der Waals surface area contributed by atoms with Crippen molar-refractivity contribution in [1.29, 1.82) is 0 Å². The summed E-state index contributed by atoms with van der Waals surface area (Å²) in [6.45, 7) is 2.12. The summed E-state index contributed by atoms with van der Waals surface area (Å²) in [6, 6.07) is 8.42. The van der Waals surface area contributed by atoms with Crippen LogP contribution in [0.4, 0.5) is 0 Å². The predicted molar refractivity (Wildman–Crippen MR) is 83.4 cm³/mol. The highest BCUT2D eigenvalue weighted by Crippen LogP contribution is 2.27. The smallest absolute Gasteiger partial charge is 0.0441 e. The van der Waals surface area contributed by atoms with Crippen molar-refractivity contribution in [2.45, 2.75) is 25.7 Å². The summed E-state index contributed by atoms with van der Waals surface area (Å²) in [5.41, 5.74) is 5.59. The van der Waals surface area contributed by atoms with E-state index < -0.39 is 0 Å². The van der Waals surface area contributed by atoms with Crippen molar-refractivity contribution in [1.82, 2.24) is 10.3 Å². The zero-order valence-corrected chi connectivity index (χ0v) is 12.3. The van der Waals surface area contributed by atoms with E-state index in [0.717, 1.165) is 43.8 Å². The second-order valence-corrected chi connectivity index (χ2v) is 5.68. The molecule has 0 aliphatic carbocycles. The summed E-state index contributed by atoms with van der Waals surface area (Å²) in [6.07, 6.45) is 7.92. The summed E-state index contributed by atoms with van der Waals surface area (Å²) < 4.78 is 0. The molecule has 104 valence electrons. The molecule has 20 heavy (non-hydrogen) atoms. The highest BCUT2D eigenvalue weighted by molar-refractivity contribution is 6.31. The molecule has 0 atom stereocenters. The number of pyridine rings is 1. The van der Waals surface area contributed by atoms with Gasteiger partial charge in [-0.25, -0.2) is 0 Å². The fourth-order valence-electron chi connectivity index (χ4n) is 2.91. The molecule has 3 heteroatoms. The average Bonchev–Trinajstić information content (AvgIpc) is 2.73. The average molecular weight is 287 g/mol. The van der Waals surface area contributed by atoms with Crippen LogP contribution < -0.4 is 5.32 Å². The molecular formula is C17H19ClN2. The van der Waals surface area contributed by atoms with Crippen LogP contribution in [0.3, 0.4) is 0 Å². The number of nitrogens with zero attached hydrogens (tertiary/aromatic N) is 1. The van der Waals surface area contributed by atoms with Gasteiger partial charge in [0.25, 0.3) is 0 Å². The molecule has 0 saturated carbocycles. The molecule has 0 spiro atoms. The van der Waals surface area contributed by atoms with Gasteiger partial charge in [0.2, 0.25) is 0 Å². The monoisotopic (exact) mass is 286 g/mol. The van der Waals surface area contributed by atoms with Crippen molar-refractivity contribution in [3.63, 3.8) is 0 Å². The maximum atomic E-state index is 6.45. The number of benzene rings is 1. The molecule has 0 amide bonds. The van der Waals surface area contributed by atoms with E-state index in [1.54, 1.807) is 0 Å². The number of halogens is 1. The Bertz CT molecular complexity index is 581. The lowest BCUT2D eigenvalue weighted by Crippen LogP contribution is -2.16. The second kappa shape index (κ2) is 6.38. The van der Waals surface area contributed by atoms with Crippen LogP contribution in [0, 0.1) is 0 Å². The van der Waals surface area contributed by atoms with Crippen LogP contribution in [0.1, 0.15) is 22.3 Å². The van der Waals surface area contributed by atoms with Gasteiger partial charge in [-0.05, 0) is 79.2 Å². The lowest BCUT2D eigenvalue weighted by Gasteiger charge is -2.14. The SMILES string of the molecule is Clc1ccc2c(c1CCc1ccncc1)CCNCC2. The molecule has 1 aromatic heterocycles. The summed E-state index contributed by atoms with van der Waals surface area (Å²) >= 11 is 6.45. The zero-order chi connectivity index (χ0) is 13.8. The lowest BCUT2D eigenvalue weighted by atomic mass is 9.93. The molecule has 0 fully saturated rings. The summed E-state index contributed by atoms with van der Waals surface area (Å²) in [7, 11) is 0. The fourth-order valence-corrected chi connectivity index (χ4v) is 3.18. The van der Waals surface area contributed by atoms with Gasteiger partial charge >= 0.3 is 0 Å². The summed E-state index contributed by atoms with van der Waals surface area (Å²) in [4.78, 5) is 4.07. The van der Waals surface area contributed by atoms with E-state index in [1.165, 1.54) is 22.3 Å². The molecule has 0 unspecified atom stereocenters. The number of rotatable bonds is 3. The molecule has 0 bridgehead atoms. The van der Waals surface area contributed by atoms with Crippen molar-refractivity contribution in [3.05, 3.63) is 63.9 Å². The van der Waals surface area contributed by atoms with Gasteiger partial charge in [0.15, 0.2) is 0 Å². The van der Waals surface area contributed by atoms with E-state index in [0.29, 0.717) is 0 Å². The van der Waals surface area contributed by atoms with E-state index in [-0.39, 0.29) is 0 Å². The minimum atomic E-state index is 0.916. The van der Waals surface area contributed by atoms with Crippen molar-refractivity contribution >= 4 is 11.6 Å². The lowest BCUT2D eigenvalue weighted by molar-refractivity contribution is 0.709. The molecule has 2 aromatic rings. The number of fused-ring (bicyclic) bond motifs is 1. The van der Waals surface area contributed by atoms with Crippen molar-refractivity contribution in [2.24, 2.45) is 0 Å². The van der Waals surface area contributed by atoms with Gasteiger partial charge in [-0.3, -0.25) is 4.98 Å². The molecule has 2 heterocycles. The van der Waals surface area contributed by atoms with Crippen LogP contribution in [0.2, 0.25) is 5.02 Å². The zero-order valence-electron chi connectivity index (χ0n) is 11.5. The number of hydrogen-bond donors (Lipinski definition) is 1. The maximum absolute atomic E-state index is 6.45. The molecule has 1 aliphatic rings. The van der Waals surface area contributed by atoms with E-state index >= 15 is 0 Å². The van der Waals surface area contributed by atoms with Gasteiger partial charge in [-0.2, -0.15) is 0 Å². The summed E-state index contributed by atoms with van der Waals surface area (Å²) in [5, 5.41) is 4.38. The first-order valence-electron chi connectivity index (χ1n) is 7.23. The van der Waals surface area contributed by atoms with Crippen LogP contribution >= 0.6 is 11.6 Å². The third kappa shape index (κ3) is 3.02. The quantitative estimate of drug-likeness (QED) is 0.937. The highest BCUT2D eigenvalue weighted by atomic mass is 35.5. The molecule has 1 aromatic carbocycles. The van der Waals surface area contributed by atoms with Crippen LogP contribution in [-0.4, -0.2) is 18.1 Å². The topological polar surface area (TPSA) is 24.9 Å². The second-order valence-electron chi connectivity index (χ2n) is 5.27. The maximum Gasteiger partial charge on any atom is 0.0441 e. The Morgan fingerprint density at radius 1 is 1.00 bits per heavy atom. The predicted octanol–water partition coefficient (Wildman–Crippen LogP) is 3.21. The number of hydrogen-bond acceptors (Lipinski definition) is 2. The van der Waals surface area contributed by atoms with Gasteiger partial charge in [0.05, 0.1) is 0 Å². The number of aryl methyl sites for hydroxylation is 1. The Morgan fingerprint density at radius 3 is 2.65 bits per heavy atom. The van der Waals surface area contributed by atoms with E-state index in [2.05, 4.69) is 34.6 Å². The normalized spacial score (nSPS) is 14.7. The molecular weight excluding hydrogens is 268 g/mol. The van der Waals surface area contributed by atoms with E-state index in [1.807, 2.05) is 12.4 Å². The molecule has 2 nitrogen and oxygen atoms in total. The Labute approximate surface area is 125 Å². The molecule has 1 N–H and O–H groups in total. The summed E-state index contributed by atoms with van der Waals surface area (Å²) in [5.74, 6) is 0. The largest absolute Gasteiger partial charge is 0.316 e. The minimum absolute atomic E-state index is 0.916. The number of aromatic nitrogens is 1. The third-order valence-corrected chi connectivity index (χ3v) is 4.36. The Hall–Kier alpha value is -1.38. The fraction of sp³-hybridized carbons (Fsp3) is 0.353. The van der Waals surface area contributed by atoms with Crippen molar-refractivity contribution in [2.75, 3.05) is 13.1 Å². The molecule has 0 saturated heterocycles. The first-order chi connectivity index (χ1) is 9.84. The molecule has 0 radical (unpaired) electrons. The van der Waals surface area contributed by atoms with Gasteiger partial charge in [0.1, 0.15) is 0 Å². The number of nitrogens with one attached hydrogen (secondary N) is 1. The first kappa shape index (κ1) is 13.6. The van der Waals surface area contributed by atoms with Crippen LogP contribution in [0.25, 0.3) is 0 Å². The van der Waals surface area contributed by atoms with E-state index in [4.69, 9.17) is 11.6 Å². The van der Waals surface area contributed by atoms with Gasteiger partial charge < -0.3 is 5.32 Å². The van der Waals surface area contributed by atoms with Crippen LogP contribution in [0.15, 0.2) is 36.7 Å². The standard InChI is InChI=1S/C17H19ClN2/c18-17-4-2-14-7-11-20-12-8-15(14)16(17)3-1-13-5-9-19-10-6-13/h2,4-6,9-10,20H,1,3,7-8,11-12H2. The van der Waals surface area contributed by atoms with Gasteiger partial charge in [-0.15, -0.1) is 0 Å². The van der Waals surface area contributed by atoms with Gasteiger partial charge in [-0.1, -0.05) is 17.7 Å². The molecule has 3 rings (SSSR count). The highest BCUT2D eigenvalue weighted by Gasteiger charge is 2.14. The first-order valence-corrected chi connectivity index (χ1v) is 7.61. The van der Waals surface area contributed by atoms with Crippen molar-refractivity contribution in [3.8, 4) is 0 Å². The van der Waals surface area contributed by atoms with Crippen molar-refractivity contribution < 1.29 is 0 Å². The Kier molecular flexibility index (Phi) is 4.34.